The molecule has 0 atom stereocenters. The van der Waals surface area contributed by atoms with Crippen LogP contribution in [0.3, 0.4) is 0 Å². The molecule has 7 heteroatoms. The number of anilines is 1. The summed E-state index contributed by atoms with van der Waals surface area (Å²) < 4.78 is 0. The number of nitro benzene ring substituents is 1. The summed E-state index contributed by atoms with van der Waals surface area (Å²) in [6, 6.07) is 19.9. The number of nitro groups is 1. The van der Waals surface area contributed by atoms with Crippen LogP contribution in [0.15, 0.2) is 72.8 Å². The maximum Gasteiger partial charge on any atom is 0.274 e. The highest BCUT2D eigenvalue weighted by atomic mass is 35.5. The van der Waals surface area contributed by atoms with Crippen LogP contribution in [0.25, 0.3) is 0 Å². The number of halogens is 2. The SMILES string of the molecule is O=C(c1ccc(Cl)cc1Cl)N(Cc1ccccc1[N+](=O)[O-])c1ccccc1. The molecule has 5 nitrogen and oxygen atoms in total. The van der Waals surface area contributed by atoms with Gasteiger partial charge in [-0.1, -0.05) is 59.6 Å². The molecule has 0 spiro atoms. The van der Waals surface area contributed by atoms with E-state index in [2.05, 4.69) is 0 Å². The molecule has 0 heterocycles. The highest BCUT2D eigenvalue weighted by Gasteiger charge is 2.23. The summed E-state index contributed by atoms with van der Waals surface area (Å²) in [5.41, 5.74) is 1.24. The van der Waals surface area contributed by atoms with Crippen LogP contribution in [0.5, 0.6) is 0 Å². The summed E-state index contributed by atoms with van der Waals surface area (Å²) in [6.07, 6.45) is 0. The number of amides is 1. The largest absolute Gasteiger partial charge is 0.304 e. The van der Waals surface area contributed by atoms with Crippen molar-refractivity contribution in [1.82, 2.24) is 0 Å². The van der Waals surface area contributed by atoms with Crippen molar-refractivity contribution in [1.29, 1.82) is 0 Å². The van der Waals surface area contributed by atoms with Crippen molar-refractivity contribution in [3.05, 3.63) is 104 Å². The van der Waals surface area contributed by atoms with Gasteiger partial charge in [-0.2, -0.15) is 0 Å². The number of carbonyl (C=O) groups is 1. The zero-order valence-corrected chi connectivity index (χ0v) is 15.5. The summed E-state index contributed by atoms with van der Waals surface area (Å²) >= 11 is 12.1. The van der Waals surface area contributed by atoms with E-state index in [1.165, 1.54) is 17.0 Å². The molecule has 0 aliphatic rings. The predicted molar refractivity (Wildman–Crippen MR) is 107 cm³/mol. The molecule has 136 valence electrons. The van der Waals surface area contributed by atoms with E-state index >= 15 is 0 Å². The Morgan fingerprint density at radius 2 is 1.63 bits per heavy atom. The van der Waals surface area contributed by atoms with Crippen LogP contribution >= 0.6 is 23.2 Å². The van der Waals surface area contributed by atoms with Crippen LogP contribution in [0.2, 0.25) is 10.0 Å². The van der Waals surface area contributed by atoms with Gasteiger partial charge in [-0.3, -0.25) is 14.9 Å². The maximum absolute atomic E-state index is 13.2. The van der Waals surface area contributed by atoms with E-state index in [0.29, 0.717) is 16.3 Å². The molecule has 0 bridgehead atoms. The molecule has 3 aromatic carbocycles. The second-order valence-electron chi connectivity index (χ2n) is 5.74. The summed E-state index contributed by atoms with van der Waals surface area (Å²) in [5, 5.41) is 12.0. The average molecular weight is 401 g/mol. The molecule has 0 unspecified atom stereocenters. The van der Waals surface area contributed by atoms with Gasteiger partial charge in [-0.05, 0) is 30.3 Å². The van der Waals surface area contributed by atoms with Gasteiger partial charge in [0.25, 0.3) is 11.6 Å². The molecule has 0 N–H and O–H groups in total. The van der Waals surface area contributed by atoms with E-state index in [9.17, 15) is 14.9 Å². The maximum atomic E-state index is 13.2. The lowest BCUT2D eigenvalue weighted by molar-refractivity contribution is -0.385. The molecule has 0 aliphatic carbocycles. The molecule has 27 heavy (non-hydrogen) atoms. The lowest BCUT2D eigenvalue weighted by Gasteiger charge is -2.23. The first-order valence-electron chi connectivity index (χ1n) is 8.01. The van der Waals surface area contributed by atoms with Crippen LogP contribution in [0.4, 0.5) is 11.4 Å². The van der Waals surface area contributed by atoms with Gasteiger partial charge in [0, 0.05) is 22.3 Å². The Labute approximate surface area is 165 Å². The quantitative estimate of drug-likeness (QED) is 0.404. The Balaban J connectivity index is 2.05. The molecular formula is C20H14Cl2N2O3. The lowest BCUT2D eigenvalue weighted by atomic mass is 10.1. The summed E-state index contributed by atoms with van der Waals surface area (Å²) in [4.78, 5) is 25.5. The number of nitrogens with zero attached hydrogens (tertiary/aromatic N) is 2. The Bertz CT molecular complexity index is 994. The van der Waals surface area contributed by atoms with Crippen LogP contribution in [0.1, 0.15) is 15.9 Å². The van der Waals surface area contributed by atoms with Crippen molar-refractivity contribution in [2.24, 2.45) is 0 Å². The normalized spacial score (nSPS) is 10.4. The van der Waals surface area contributed by atoms with Gasteiger partial charge in [-0.25, -0.2) is 0 Å². The van der Waals surface area contributed by atoms with Crippen molar-refractivity contribution in [3.8, 4) is 0 Å². The first-order valence-corrected chi connectivity index (χ1v) is 8.77. The van der Waals surface area contributed by atoms with Crippen LogP contribution in [-0.4, -0.2) is 10.8 Å². The van der Waals surface area contributed by atoms with Gasteiger partial charge in [-0.15, -0.1) is 0 Å². The predicted octanol–water partition coefficient (Wildman–Crippen LogP) is 5.75. The molecule has 3 aromatic rings. The number of para-hydroxylation sites is 2. The minimum absolute atomic E-state index is 0.0267. The summed E-state index contributed by atoms with van der Waals surface area (Å²) in [5.74, 6) is -0.374. The third-order valence-corrected chi connectivity index (χ3v) is 4.54. The lowest BCUT2D eigenvalue weighted by Crippen LogP contribution is -2.31. The fourth-order valence-electron chi connectivity index (χ4n) is 2.69. The molecule has 3 rings (SSSR count). The second kappa shape index (κ2) is 8.20. The van der Waals surface area contributed by atoms with Crippen molar-refractivity contribution in [2.45, 2.75) is 6.54 Å². The average Bonchev–Trinajstić information content (AvgIpc) is 2.66. The van der Waals surface area contributed by atoms with E-state index in [1.807, 2.05) is 6.07 Å². The van der Waals surface area contributed by atoms with Gasteiger partial charge in [0.15, 0.2) is 0 Å². The molecule has 0 aromatic heterocycles. The third kappa shape index (κ3) is 4.27. The number of carbonyl (C=O) groups excluding carboxylic acids is 1. The minimum atomic E-state index is -0.460. The Kier molecular flexibility index (Phi) is 5.74. The molecule has 0 saturated heterocycles. The van der Waals surface area contributed by atoms with Gasteiger partial charge in [0.05, 0.1) is 22.1 Å². The van der Waals surface area contributed by atoms with Crippen molar-refractivity contribution >= 4 is 40.5 Å². The summed E-state index contributed by atoms with van der Waals surface area (Å²) in [7, 11) is 0. The molecule has 0 aliphatic heterocycles. The Hall–Kier alpha value is -2.89. The molecule has 0 radical (unpaired) electrons. The Morgan fingerprint density at radius 1 is 0.963 bits per heavy atom. The highest BCUT2D eigenvalue weighted by Crippen LogP contribution is 2.28. The number of hydrogen-bond acceptors (Lipinski definition) is 3. The van der Waals surface area contributed by atoms with Crippen molar-refractivity contribution < 1.29 is 9.72 Å². The van der Waals surface area contributed by atoms with Crippen molar-refractivity contribution in [2.75, 3.05) is 4.90 Å². The standard InChI is InChI=1S/C20H14Cl2N2O3/c21-15-10-11-17(18(22)12-15)20(25)23(16-7-2-1-3-8-16)13-14-6-4-5-9-19(14)24(26)27/h1-12H,13H2. The third-order valence-electron chi connectivity index (χ3n) is 3.99. The highest BCUT2D eigenvalue weighted by molar-refractivity contribution is 6.37. The van der Waals surface area contributed by atoms with Crippen LogP contribution in [0, 0.1) is 10.1 Å². The van der Waals surface area contributed by atoms with Crippen LogP contribution in [-0.2, 0) is 6.54 Å². The van der Waals surface area contributed by atoms with Gasteiger partial charge in [0.2, 0.25) is 0 Å². The van der Waals surface area contributed by atoms with Gasteiger partial charge >= 0.3 is 0 Å². The first-order chi connectivity index (χ1) is 13.0. The van der Waals surface area contributed by atoms with E-state index in [0.717, 1.165) is 0 Å². The first kappa shape index (κ1) is 18.9. The van der Waals surface area contributed by atoms with Crippen molar-refractivity contribution in [3.63, 3.8) is 0 Å². The fraction of sp³-hybridized carbons (Fsp3) is 0.0500. The van der Waals surface area contributed by atoms with Gasteiger partial charge < -0.3 is 4.90 Å². The van der Waals surface area contributed by atoms with E-state index in [1.54, 1.807) is 54.6 Å². The number of hydrogen-bond donors (Lipinski definition) is 0. The topological polar surface area (TPSA) is 63.5 Å². The summed E-state index contributed by atoms with van der Waals surface area (Å²) in [6.45, 7) is 0.0267. The van der Waals surface area contributed by atoms with Crippen LogP contribution < -0.4 is 4.90 Å². The zero-order chi connectivity index (χ0) is 19.4. The number of benzene rings is 3. The molecule has 0 saturated carbocycles. The smallest absolute Gasteiger partial charge is 0.274 e. The zero-order valence-electron chi connectivity index (χ0n) is 14.0. The van der Waals surface area contributed by atoms with E-state index in [4.69, 9.17) is 23.2 Å². The molecular weight excluding hydrogens is 387 g/mol. The molecule has 0 fully saturated rings. The molecule has 1 amide bonds. The van der Waals surface area contributed by atoms with E-state index < -0.39 is 4.92 Å². The number of rotatable bonds is 5. The van der Waals surface area contributed by atoms with E-state index in [-0.39, 0.29) is 28.7 Å². The fourth-order valence-corrected chi connectivity index (χ4v) is 3.18. The van der Waals surface area contributed by atoms with Gasteiger partial charge in [0.1, 0.15) is 0 Å². The monoisotopic (exact) mass is 400 g/mol. The Morgan fingerprint density at radius 3 is 2.30 bits per heavy atom. The second-order valence-corrected chi connectivity index (χ2v) is 6.58. The minimum Gasteiger partial charge on any atom is -0.304 e.